The maximum atomic E-state index is 12.5. The number of rotatable bonds is 5. The van der Waals surface area contributed by atoms with Crippen molar-refractivity contribution in [2.45, 2.75) is 24.0 Å². The van der Waals surface area contributed by atoms with Gasteiger partial charge in [0.05, 0.1) is 16.7 Å². The van der Waals surface area contributed by atoms with Gasteiger partial charge in [0, 0.05) is 22.9 Å². The first kappa shape index (κ1) is 21.0. The molecule has 3 rings (SSSR count). The number of halogens is 3. The predicted octanol–water partition coefficient (Wildman–Crippen LogP) is 2.87. The van der Waals surface area contributed by atoms with Crippen LogP contribution in [0.4, 0.5) is 13.2 Å². The number of para-hydroxylation sites is 2. The second-order valence-electron chi connectivity index (χ2n) is 5.33. The van der Waals surface area contributed by atoms with Gasteiger partial charge in [0.15, 0.2) is 12.4 Å². The van der Waals surface area contributed by atoms with Crippen molar-refractivity contribution in [2.24, 2.45) is 0 Å². The standard InChI is InChI=1S/C16H14F3N3O2S.Na.H/c1-10-13(20-7-6-14(10)24-9-16(17,18)19)8-25(23)15-21-11-4-2-3-5-12(11)22-15;;/h2-7H,8-9H2,1H3,(H,21,22);;/t25-;;/m1../s1. The van der Waals surface area contributed by atoms with Gasteiger partial charge >= 0.3 is 40.9 Å². The minimum absolute atomic E-state index is 0. The van der Waals surface area contributed by atoms with Crippen LogP contribution in [-0.2, 0) is 16.9 Å². The van der Waals surface area contributed by atoms with Crippen LogP contribution in [0.25, 0.3) is 11.0 Å². The Morgan fingerprint density at radius 3 is 2.65 bits per heavy atom. The van der Waals surface area contributed by atoms with E-state index in [0.717, 1.165) is 5.52 Å². The van der Waals surface area contributed by atoms with E-state index in [2.05, 4.69) is 15.0 Å². The molecule has 0 fully saturated rings. The first-order chi connectivity index (χ1) is 11.8. The summed E-state index contributed by atoms with van der Waals surface area (Å²) in [5, 5.41) is 0.295. The molecule has 0 aliphatic rings. The molecule has 0 saturated heterocycles. The zero-order chi connectivity index (χ0) is 18.0. The van der Waals surface area contributed by atoms with Crippen LogP contribution in [0, 0.1) is 6.92 Å². The van der Waals surface area contributed by atoms with Crippen molar-refractivity contribution >= 4 is 51.8 Å². The Bertz CT molecular complexity index is 856. The van der Waals surface area contributed by atoms with Crippen molar-refractivity contribution in [3.8, 4) is 5.75 Å². The summed E-state index contributed by atoms with van der Waals surface area (Å²) in [5.74, 6) is 0.0958. The molecular weight excluding hydrogens is 378 g/mol. The van der Waals surface area contributed by atoms with E-state index in [4.69, 9.17) is 4.74 Å². The number of aromatic amines is 1. The molecule has 5 nitrogen and oxygen atoms in total. The maximum absolute atomic E-state index is 12.5. The van der Waals surface area contributed by atoms with Gasteiger partial charge in [0.1, 0.15) is 5.75 Å². The zero-order valence-electron chi connectivity index (χ0n) is 13.1. The average Bonchev–Trinajstić information content (AvgIpc) is 2.99. The van der Waals surface area contributed by atoms with Crippen LogP contribution in [0.1, 0.15) is 11.3 Å². The van der Waals surface area contributed by atoms with Crippen LogP contribution in [0.2, 0.25) is 0 Å². The van der Waals surface area contributed by atoms with Crippen LogP contribution in [0.15, 0.2) is 41.7 Å². The van der Waals surface area contributed by atoms with Gasteiger partial charge in [-0.1, -0.05) is 12.1 Å². The van der Waals surface area contributed by atoms with Crippen molar-refractivity contribution in [3.63, 3.8) is 0 Å². The Morgan fingerprint density at radius 2 is 1.96 bits per heavy atom. The van der Waals surface area contributed by atoms with Crippen LogP contribution < -0.4 is 4.74 Å². The number of H-pyrrole nitrogens is 1. The Labute approximate surface area is 172 Å². The third-order valence-electron chi connectivity index (χ3n) is 3.50. The van der Waals surface area contributed by atoms with E-state index in [1.54, 1.807) is 13.0 Å². The number of fused-ring (bicyclic) bond motifs is 1. The molecule has 1 aromatic carbocycles. The second kappa shape index (κ2) is 8.62. The van der Waals surface area contributed by atoms with Gasteiger partial charge in [-0.2, -0.15) is 18.2 Å². The quantitative estimate of drug-likeness (QED) is 0.534. The van der Waals surface area contributed by atoms with Gasteiger partial charge in [-0.05, 0) is 25.1 Å². The Hall–Kier alpha value is -1.26. The number of pyridine rings is 1. The summed E-state index contributed by atoms with van der Waals surface area (Å²) in [6.07, 6.45) is -3.09. The molecular formula is C16H15F3N3NaO2S. The molecule has 0 unspecified atom stereocenters. The van der Waals surface area contributed by atoms with Crippen molar-refractivity contribution in [3.05, 3.63) is 47.8 Å². The van der Waals surface area contributed by atoms with E-state index < -0.39 is 24.0 Å². The van der Waals surface area contributed by atoms with Crippen molar-refractivity contribution in [1.29, 1.82) is 0 Å². The molecule has 0 radical (unpaired) electrons. The van der Waals surface area contributed by atoms with E-state index in [1.165, 1.54) is 12.3 Å². The van der Waals surface area contributed by atoms with Gasteiger partial charge < -0.3 is 9.29 Å². The molecule has 2 aromatic heterocycles. The van der Waals surface area contributed by atoms with Crippen LogP contribution >= 0.6 is 0 Å². The number of hydrogen-bond acceptors (Lipinski definition) is 4. The molecule has 0 aliphatic heterocycles. The number of nitrogens with zero attached hydrogens (tertiary/aromatic N) is 2. The SMILES string of the molecule is Cc1c(OCC(F)(F)F)ccnc1C[S@@+]([O-])c1nc2ccccc2[nH]1.[NaH]. The predicted molar refractivity (Wildman–Crippen MR) is 93.9 cm³/mol. The molecule has 26 heavy (non-hydrogen) atoms. The molecule has 134 valence electrons. The number of ether oxygens (including phenoxy) is 1. The summed E-state index contributed by atoms with van der Waals surface area (Å²) < 4.78 is 54.2. The summed E-state index contributed by atoms with van der Waals surface area (Å²) in [4.78, 5) is 11.3. The molecule has 0 spiro atoms. The Morgan fingerprint density at radius 1 is 1.23 bits per heavy atom. The second-order valence-corrected chi connectivity index (χ2v) is 6.70. The molecule has 0 saturated carbocycles. The van der Waals surface area contributed by atoms with Crippen LogP contribution in [-0.4, -0.2) is 61.8 Å². The van der Waals surface area contributed by atoms with E-state index >= 15 is 0 Å². The topological polar surface area (TPSA) is 73.9 Å². The minimum atomic E-state index is -4.42. The van der Waals surface area contributed by atoms with Crippen molar-refractivity contribution < 1.29 is 22.5 Å². The summed E-state index contributed by atoms with van der Waals surface area (Å²) in [6.45, 7) is 0.202. The van der Waals surface area contributed by atoms with Gasteiger partial charge in [-0.25, -0.2) is 0 Å². The fraction of sp³-hybridized carbons (Fsp3) is 0.250. The van der Waals surface area contributed by atoms with Crippen molar-refractivity contribution in [1.82, 2.24) is 15.0 Å². The average molecular weight is 393 g/mol. The van der Waals surface area contributed by atoms with E-state index in [0.29, 0.717) is 21.9 Å². The van der Waals surface area contributed by atoms with Crippen LogP contribution in [0.3, 0.4) is 0 Å². The molecule has 1 N–H and O–H groups in total. The Kier molecular flexibility index (Phi) is 6.98. The number of benzene rings is 1. The van der Waals surface area contributed by atoms with Gasteiger partial charge in [-0.3, -0.25) is 9.97 Å². The first-order valence-electron chi connectivity index (χ1n) is 7.30. The normalized spacial score (nSPS) is 12.7. The fourth-order valence-corrected chi connectivity index (χ4v) is 3.35. The van der Waals surface area contributed by atoms with Gasteiger partial charge in [0.2, 0.25) is 0 Å². The monoisotopic (exact) mass is 393 g/mol. The molecule has 0 amide bonds. The van der Waals surface area contributed by atoms with Gasteiger partial charge in [0.25, 0.3) is 0 Å². The van der Waals surface area contributed by atoms with E-state index in [1.807, 2.05) is 18.2 Å². The van der Waals surface area contributed by atoms with E-state index in [-0.39, 0.29) is 41.1 Å². The summed E-state index contributed by atoms with van der Waals surface area (Å²) >= 11 is -1.51. The zero-order valence-corrected chi connectivity index (χ0v) is 13.9. The van der Waals surface area contributed by atoms with Crippen LogP contribution in [0.5, 0.6) is 5.75 Å². The van der Waals surface area contributed by atoms with Crippen molar-refractivity contribution in [2.75, 3.05) is 6.61 Å². The molecule has 1 atom stereocenters. The number of imidazole rings is 1. The first-order valence-corrected chi connectivity index (χ1v) is 8.62. The van der Waals surface area contributed by atoms with E-state index in [9.17, 15) is 17.7 Å². The third-order valence-corrected chi connectivity index (χ3v) is 4.66. The number of alkyl halides is 3. The van der Waals surface area contributed by atoms with Gasteiger partial charge in [-0.15, -0.1) is 0 Å². The summed E-state index contributed by atoms with van der Waals surface area (Å²) in [5.41, 5.74) is 2.28. The third kappa shape index (κ3) is 5.14. The number of hydrogen-bond donors (Lipinski definition) is 1. The summed E-state index contributed by atoms with van der Waals surface area (Å²) in [7, 11) is 0. The molecule has 0 aliphatic carbocycles. The molecule has 2 heterocycles. The summed E-state index contributed by atoms with van der Waals surface area (Å²) in [6, 6.07) is 8.62. The molecule has 3 aromatic rings. The molecule has 0 bridgehead atoms. The number of nitrogens with one attached hydrogen (secondary N) is 1. The molecule has 10 heteroatoms. The Balaban J connectivity index is 0.00000243. The number of aromatic nitrogens is 3. The fourth-order valence-electron chi connectivity index (χ4n) is 2.25.